The molecule has 1 spiro atoms. The molecule has 124 valence electrons. The average Bonchev–Trinajstić information content (AvgIpc) is 3.19. The highest BCUT2D eigenvalue weighted by atomic mass is 32.2. The summed E-state index contributed by atoms with van der Waals surface area (Å²) in [4.78, 5) is 4.18. The lowest BCUT2D eigenvalue weighted by Crippen LogP contribution is -2.00. The molecule has 0 radical (unpaired) electrons. The van der Waals surface area contributed by atoms with Crippen LogP contribution in [0.5, 0.6) is 0 Å². The van der Waals surface area contributed by atoms with Gasteiger partial charge in [0.1, 0.15) is 0 Å². The van der Waals surface area contributed by atoms with Gasteiger partial charge in [-0.05, 0) is 66.4 Å². The van der Waals surface area contributed by atoms with Crippen LogP contribution in [0.25, 0.3) is 11.1 Å². The molecule has 2 aromatic rings. The molecule has 0 unspecified atom stereocenters. The van der Waals surface area contributed by atoms with E-state index in [0.29, 0.717) is 5.41 Å². The molecule has 24 heavy (non-hydrogen) atoms. The number of aromatic nitrogens is 1. The fourth-order valence-corrected chi connectivity index (χ4v) is 4.20. The first-order valence-corrected chi connectivity index (χ1v) is 10.2. The van der Waals surface area contributed by atoms with Crippen LogP contribution in [0.3, 0.4) is 0 Å². The maximum absolute atomic E-state index is 11.6. The zero-order chi connectivity index (χ0) is 16.9. The van der Waals surface area contributed by atoms with Crippen LogP contribution in [0.15, 0.2) is 47.6 Å². The summed E-state index contributed by atoms with van der Waals surface area (Å²) in [6, 6.07) is 12.2. The van der Waals surface area contributed by atoms with Crippen molar-refractivity contribution in [3.63, 3.8) is 0 Å². The Morgan fingerprint density at radius 3 is 2.00 bits per heavy atom. The Hall–Kier alpha value is -1.94. The molecule has 1 heterocycles. The van der Waals surface area contributed by atoms with Crippen LogP contribution in [0.1, 0.15) is 42.4 Å². The molecule has 1 aromatic heterocycles. The predicted molar refractivity (Wildman–Crippen MR) is 96.2 cm³/mol. The van der Waals surface area contributed by atoms with E-state index in [9.17, 15) is 8.42 Å². The number of sulfone groups is 1. The molecule has 0 bridgehead atoms. The summed E-state index contributed by atoms with van der Waals surface area (Å²) >= 11 is 0. The maximum Gasteiger partial charge on any atom is 0.192 e. The van der Waals surface area contributed by atoms with Crippen molar-refractivity contribution in [2.24, 2.45) is 5.41 Å². The molecule has 0 atom stereocenters. The fourth-order valence-electron chi connectivity index (χ4n) is 3.64. The standard InChI is InChI=1S/C20H21NO2S/c1-14-3-5-15(6-4-14)17-11-20(9-10-20)12-18(17)16-7-8-19(21-13-16)24(2,22)23/h3-8,13H,9-12H2,1-2H3. The van der Waals surface area contributed by atoms with Gasteiger partial charge < -0.3 is 0 Å². The van der Waals surface area contributed by atoms with Gasteiger partial charge in [0, 0.05) is 12.5 Å². The molecule has 2 aliphatic carbocycles. The van der Waals surface area contributed by atoms with E-state index in [0.717, 1.165) is 18.4 Å². The third kappa shape index (κ3) is 2.80. The second-order valence-corrected chi connectivity index (χ2v) is 9.30. The Kier molecular flexibility index (Phi) is 3.43. The molecule has 0 aliphatic heterocycles. The number of hydrogen-bond acceptors (Lipinski definition) is 3. The van der Waals surface area contributed by atoms with E-state index >= 15 is 0 Å². The van der Waals surface area contributed by atoms with Gasteiger partial charge in [0.2, 0.25) is 0 Å². The van der Waals surface area contributed by atoms with Crippen molar-refractivity contribution in [2.45, 2.75) is 37.6 Å². The average molecular weight is 339 g/mol. The van der Waals surface area contributed by atoms with Gasteiger partial charge in [-0.25, -0.2) is 13.4 Å². The fraction of sp³-hybridized carbons (Fsp3) is 0.350. The molecular formula is C20H21NO2S. The largest absolute Gasteiger partial charge is 0.244 e. The third-order valence-corrected chi connectivity index (χ3v) is 6.29. The molecule has 4 heteroatoms. The number of allylic oxidation sites excluding steroid dienone is 2. The van der Waals surface area contributed by atoms with E-state index < -0.39 is 9.84 Å². The summed E-state index contributed by atoms with van der Waals surface area (Å²) < 4.78 is 23.2. The number of benzene rings is 1. The Labute approximate surface area is 143 Å². The third-order valence-electron chi connectivity index (χ3n) is 5.29. The molecule has 2 aliphatic rings. The van der Waals surface area contributed by atoms with E-state index in [4.69, 9.17) is 0 Å². The topological polar surface area (TPSA) is 47.0 Å². The summed E-state index contributed by atoms with van der Waals surface area (Å²) in [5, 5.41) is 0.142. The van der Waals surface area contributed by atoms with E-state index in [-0.39, 0.29) is 5.03 Å². The van der Waals surface area contributed by atoms with Crippen LogP contribution in [-0.4, -0.2) is 19.7 Å². The Morgan fingerprint density at radius 1 is 0.917 bits per heavy atom. The van der Waals surface area contributed by atoms with Gasteiger partial charge in [0.15, 0.2) is 14.9 Å². The molecule has 1 aromatic carbocycles. The number of aryl methyl sites for hydroxylation is 1. The first-order valence-electron chi connectivity index (χ1n) is 8.32. The Morgan fingerprint density at radius 2 is 1.50 bits per heavy atom. The minimum Gasteiger partial charge on any atom is -0.244 e. The van der Waals surface area contributed by atoms with Crippen LogP contribution in [-0.2, 0) is 9.84 Å². The lowest BCUT2D eigenvalue weighted by atomic mass is 9.97. The first kappa shape index (κ1) is 15.6. The lowest BCUT2D eigenvalue weighted by Gasteiger charge is -2.09. The van der Waals surface area contributed by atoms with Crippen LogP contribution < -0.4 is 0 Å². The summed E-state index contributed by atoms with van der Waals surface area (Å²) in [7, 11) is -3.25. The van der Waals surface area contributed by atoms with E-state index in [1.165, 1.54) is 41.4 Å². The second-order valence-electron chi connectivity index (χ2n) is 7.33. The second kappa shape index (κ2) is 5.28. The van der Waals surface area contributed by atoms with E-state index in [1.54, 1.807) is 12.3 Å². The molecule has 4 rings (SSSR count). The highest BCUT2D eigenvalue weighted by Gasteiger charge is 2.48. The van der Waals surface area contributed by atoms with E-state index in [1.807, 2.05) is 6.07 Å². The monoisotopic (exact) mass is 339 g/mol. The molecule has 1 saturated carbocycles. The zero-order valence-corrected chi connectivity index (χ0v) is 14.9. The van der Waals surface area contributed by atoms with Gasteiger partial charge in [-0.3, -0.25) is 0 Å². The predicted octanol–water partition coefficient (Wildman–Crippen LogP) is 4.28. The van der Waals surface area contributed by atoms with Gasteiger partial charge in [-0.2, -0.15) is 0 Å². The van der Waals surface area contributed by atoms with Crippen molar-refractivity contribution in [3.05, 3.63) is 59.3 Å². The Balaban J connectivity index is 1.77. The summed E-state index contributed by atoms with van der Waals surface area (Å²) in [5.41, 5.74) is 6.79. The van der Waals surface area contributed by atoms with Crippen LogP contribution >= 0.6 is 0 Å². The van der Waals surface area contributed by atoms with Gasteiger partial charge in [0.05, 0.1) is 0 Å². The minimum atomic E-state index is -3.25. The van der Waals surface area contributed by atoms with Crippen molar-refractivity contribution in [1.82, 2.24) is 4.98 Å². The normalized spacial score (nSPS) is 19.1. The zero-order valence-electron chi connectivity index (χ0n) is 14.0. The van der Waals surface area contributed by atoms with E-state index in [2.05, 4.69) is 36.2 Å². The number of nitrogens with zero attached hydrogens (tertiary/aromatic N) is 1. The lowest BCUT2D eigenvalue weighted by molar-refractivity contribution is 0.568. The smallest absolute Gasteiger partial charge is 0.192 e. The van der Waals surface area contributed by atoms with Gasteiger partial charge in [0.25, 0.3) is 0 Å². The highest BCUT2D eigenvalue weighted by Crippen LogP contribution is 2.63. The summed E-state index contributed by atoms with van der Waals surface area (Å²) in [5.74, 6) is 0. The summed E-state index contributed by atoms with van der Waals surface area (Å²) in [6.07, 6.45) is 7.71. The minimum absolute atomic E-state index is 0.142. The van der Waals surface area contributed by atoms with Crippen molar-refractivity contribution < 1.29 is 8.42 Å². The van der Waals surface area contributed by atoms with Crippen molar-refractivity contribution in [1.29, 1.82) is 0 Å². The Bertz CT molecular complexity index is 919. The molecule has 1 fully saturated rings. The molecule has 0 saturated heterocycles. The molecule has 0 N–H and O–H groups in total. The van der Waals surface area contributed by atoms with Crippen molar-refractivity contribution >= 4 is 21.0 Å². The van der Waals surface area contributed by atoms with Crippen LogP contribution in [0.2, 0.25) is 0 Å². The van der Waals surface area contributed by atoms with Gasteiger partial charge in [-0.15, -0.1) is 0 Å². The van der Waals surface area contributed by atoms with Gasteiger partial charge >= 0.3 is 0 Å². The van der Waals surface area contributed by atoms with Gasteiger partial charge in [-0.1, -0.05) is 35.9 Å². The van der Waals surface area contributed by atoms with Crippen molar-refractivity contribution in [2.75, 3.05) is 6.26 Å². The number of pyridine rings is 1. The first-order chi connectivity index (χ1) is 11.4. The highest BCUT2D eigenvalue weighted by molar-refractivity contribution is 7.90. The van der Waals surface area contributed by atoms with Crippen molar-refractivity contribution in [3.8, 4) is 0 Å². The SMILES string of the molecule is Cc1ccc(C2=C(c3ccc(S(C)(=O)=O)nc3)CC3(CC3)C2)cc1. The van der Waals surface area contributed by atoms with Crippen LogP contribution in [0, 0.1) is 12.3 Å². The number of rotatable bonds is 3. The summed E-state index contributed by atoms with van der Waals surface area (Å²) in [6.45, 7) is 2.10. The molecule has 3 nitrogen and oxygen atoms in total. The maximum atomic E-state index is 11.6. The molecular weight excluding hydrogens is 318 g/mol. The quantitative estimate of drug-likeness (QED) is 0.838. The molecule has 0 amide bonds. The number of hydrogen-bond donors (Lipinski definition) is 0. The van der Waals surface area contributed by atoms with Crippen LogP contribution in [0.4, 0.5) is 0 Å².